The third-order valence-corrected chi connectivity index (χ3v) is 3.23. The Morgan fingerprint density at radius 1 is 1.24 bits per heavy atom. The number of hydrogen-bond donors (Lipinski definition) is 0. The summed E-state index contributed by atoms with van der Waals surface area (Å²) >= 11 is 3.49. The molecule has 0 saturated heterocycles. The molecule has 3 rings (SSSR count). The van der Waals surface area contributed by atoms with E-state index in [0.29, 0.717) is 0 Å². The van der Waals surface area contributed by atoms with Crippen molar-refractivity contribution in [2.45, 2.75) is 6.92 Å². The average Bonchev–Trinajstić information content (AvgIpc) is 2.68. The summed E-state index contributed by atoms with van der Waals surface area (Å²) < 4.78 is 2.89. The first kappa shape index (κ1) is 10.5. The molecule has 4 heteroatoms. The summed E-state index contributed by atoms with van der Waals surface area (Å²) in [5.74, 6) is 0.854. The summed E-state index contributed by atoms with van der Waals surface area (Å²) in [6.07, 6.45) is 3.80. The van der Waals surface area contributed by atoms with Gasteiger partial charge in [-0.25, -0.2) is 4.98 Å². The number of pyridine rings is 2. The molecule has 0 unspecified atom stereocenters. The van der Waals surface area contributed by atoms with Crippen LogP contribution in [0.2, 0.25) is 0 Å². The molecule has 17 heavy (non-hydrogen) atoms. The summed E-state index contributed by atoms with van der Waals surface area (Å²) in [5, 5.41) is 0. The number of imidazole rings is 1. The van der Waals surface area contributed by atoms with Gasteiger partial charge in [0.1, 0.15) is 10.3 Å². The van der Waals surface area contributed by atoms with Gasteiger partial charge in [-0.3, -0.25) is 9.38 Å². The number of rotatable bonds is 1. The minimum absolute atomic E-state index is 0.849. The maximum absolute atomic E-state index is 4.52. The van der Waals surface area contributed by atoms with Gasteiger partial charge in [0, 0.05) is 12.4 Å². The molecule has 0 amide bonds. The highest BCUT2D eigenvalue weighted by atomic mass is 79.9. The second-order valence-corrected chi connectivity index (χ2v) is 4.65. The molecule has 0 N–H and O–H groups in total. The Bertz CT molecular complexity index is 674. The monoisotopic (exact) mass is 287 g/mol. The van der Waals surface area contributed by atoms with Crippen molar-refractivity contribution in [3.05, 3.63) is 52.9 Å². The first-order valence-electron chi connectivity index (χ1n) is 5.31. The molecule has 0 radical (unpaired) electrons. The van der Waals surface area contributed by atoms with Crippen LogP contribution in [0, 0.1) is 6.92 Å². The number of nitrogens with zero attached hydrogens (tertiary/aromatic N) is 3. The van der Waals surface area contributed by atoms with Gasteiger partial charge in [0.05, 0.1) is 5.52 Å². The molecule has 0 fully saturated rings. The Morgan fingerprint density at radius 3 is 2.88 bits per heavy atom. The Hall–Kier alpha value is -1.68. The summed E-state index contributed by atoms with van der Waals surface area (Å²) in [6, 6.07) is 9.99. The average molecular weight is 288 g/mol. The van der Waals surface area contributed by atoms with E-state index in [9.17, 15) is 0 Å². The van der Waals surface area contributed by atoms with Gasteiger partial charge in [-0.1, -0.05) is 6.07 Å². The zero-order valence-electron chi connectivity index (χ0n) is 9.26. The topological polar surface area (TPSA) is 30.2 Å². The molecule has 0 aliphatic heterocycles. The number of hydrogen-bond acceptors (Lipinski definition) is 2. The number of aromatic nitrogens is 3. The standard InChI is InChI=1S/C13H10BrN3/c1-9-5-7-17-11(8-9)12(14)16-13(17)10-4-2-3-6-15-10/h2-8H,1H3. The van der Waals surface area contributed by atoms with E-state index in [1.54, 1.807) is 6.20 Å². The van der Waals surface area contributed by atoms with Gasteiger partial charge in [-0.05, 0) is 52.7 Å². The van der Waals surface area contributed by atoms with Crippen LogP contribution in [0.15, 0.2) is 47.3 Å². The molecule has 0 bridgehead atoms. The Balaban J connectivity index is 2.32. The van der Waals surface area contributed by atoms with Crippen LogP contribution >= 0.6 is 15.9 Å². The predicted octanol–water partition coefficient (Wildman–Crippen LogP) is 3.47. The maximum Gasteiger partial charge on any atom is 0.164 e. The minimum Gasteiger partial charge on any atom is -0.297 e. The van der Waals surface area contributed by atoms with E-state index in [1.807, 2.05) is 28.8 Å². The fraction of sp³-hybridized carbons (Fsp3) is 0.0769. The van der Waals surface area contributed by atoms with Gasteiger partial charge in [0.15, 0.2) is 5.82 Å². The second-order valence-electron chi connectivity index (χ2n) is 3.90. The maximum atomic E-state index is 4.52. The Morgan fingerprint density at radius 2 is 2.12 bits per heavy atom. The number of halogens is 1. The van der Waals surface area contributed by atoms with Crippen LogP contribution in [-0.2, 0) is 0 Å². The highest BCUT2D eigenvalue weighted by molar-refractivity contribution is 9.10. The third kappa shape index (κ3) is 1.74. The molecule has 0 aromatic carbocycles. The van der Waals surface area contributed by atoms with Gasteiger partial charge in [-0.15, -0.1) is 0 Å². The Labute approximate surface area is 107 Å². The summed E-state index contributed by atoms with van der Waals surface area (Å²) in [7, 11) is 0. The molecule has 0 atom stereocenters. The van der Waals surface area contributed by atoms with E-state index >= 15 is 0 Å². The van der Waals surface area contributed by atoms with Crippen molar-refractivity contribution < 1.29 is 0 Å². The van der Waals surface area contributed by atoms with Crippen LogP contribution in [0.5, 0.6) is 0 Å². The lowest BCUT2D eigenvalue weighted by atomic mass is 10.3. The van der Waals surface area contributed by atoms with Crippen molar-refractivity contribution in [2.75, 3.05) is 0 Å². The molecule has 0 aliphatic rings. The number of aryl methyl sites for hydroxylation is 1. The van der Waals surface area contributed by atoms with E-state index in [2.05, 4.69) is 45.0 Å². The summed E-state index contributed by atoms with van der Waals surface area (Å²) in [4.78, 5) is 8.85. The normalized spacial score (nSPS) is 10.9. The minimum atomic E-state index is 0.849. The van der Waals surface area contributed by atoms with Crippen LogP contribution in [0.25, 0.3) is 17.0 Å². The SMILES string of the molecule is Cc1ccn2c(-c3ccccn3)nc(Br)c2c1. The first-order valence-corrected chi connectivity index (χ1v) is 6.10. The third-order valence-electron chi connectivity index (χ3n) is 2.65. The van der Waals surface area contributed by atoms with Crippen molar-refractivity contribution in [3.8, 4) is 11.5 Å². The van der Waals surface area contributed by atoms with Gasteiger partial charge < -0.3 is 0 Å². The molecule has 0 spiro atoms. The molecular weight excluding hydrogens is 278 g/mol. The van der Waals surface area contributed by atoms with Crippen LogP contribution in [0.1, 0.15) is 5.56 Å². The summed E-state index contributed by atoms with van der Waals surface area (Å²) in [5.41, 5.74) is 3.15. The predicted molar refractivity (Wildman–Crippen MR) is 70.9 cm³/mol. The van der Waals surface area contributed by atoms with E-state index in [0.717, 1.165) is 21.6 Å². The van der Waals surface area contributed by atoms with Crippen LogP contribution in [-0.4, -0.2) is 14.4 Å². The van der Waals surface area contributed by atoms with Crippen LogP contribution in [0.4, 0.5) is 0 Å². The summed E-state index contributed by atoms with van der Waals surface area (Å²) in [6.45, 7) is 2.07. The highest BCUT2D eigenvalue weighted by Gasteiger charge is 2.11. The first-order chi connectivity index (χ1) is 8.25. The highest BCUT2D eigenvalue weighted by Crippen LogP contribution is 2.25. The number of fused-ring (bicyclic) bond motifs is 1. The quantitative estimate of drug-likeness (QED) is 0.686. The van der Waals surface area contributed by atoms with Gasteiger partial charge >= 0.3 is 0 Å². The Kier molecular flexibility index (Phi) is 2.44. The van der Waals surface area contributed by atoms with Crippen molar-refractivity contribution in [1.29, 1.82) is 0 Å². The molecule has 3 aromatic heterocycles. The lowest BCUT2D eigenvalue weighted by Crippen LogP contribution is -1.91. The molecule has 0 aliphatic carbocycles. The fourth-order valence-corrected chi connectivity index (χ4v) is 2.30. The second kappa shape index (κ2) is 3.96. The molecule has 84 valence electrons. The van der Waals surface area contributed by atoms with Gasteiger partial charge in [0.2, 0.25) is 0 Å². The molecule has 3 nitrogen and oxygen atoms in total. The molecular formula is C13H10BrN3. The van der Waals surface area contributed by atoms with Crippen molar-refractivity contribution in [1.82, 2.24) is 14.4 Å². The van der Waals surface area contributed by atoms with Crippen LogP contribution < -0.4 is 0 Å². The van der Waals surface area contributed by atoms with Gasteiger partial charge in [-0.2, -0.15) is 0 Å². The lowest BCUT2D eigenvalue weighted by Gasteiger charge is -2.00. The van der Waals surface area contributed by atoms with E-state index in [4.69, 9.17) is 0 Å². The zero-order valence-corrected chi connectivity index (χ0v) is 10.8. The fourth-order valence-electron chi connectivity index (χ4n) is 1.83. The lowest BCUT2D eigenvalue weighted by molar-refractivity contribution is 1.12. The molecule has 0 saturated carbocycles. The molecule has 3 heterocycles. The smallest absolute Gasteiger partial charge is 0.164 e. The zero-order chi connectivity index (χ0) is 11.8. The van der Waals surface area contributed by atoms with Crippen molar-refractivity contribution in [2.24, 2.45) is 0 Å². The van der Waals surface area contributed by atoms with Crippen molar-refractivity contribution >= 4 is 21.4 Å². The van der Waals surface area contributed by atoms with Gasteiger partial charge in [0.25, 0.3) is 0 Å². The van der Waals surface area contributed by atoms with Crippen molar-refractivity contribution in [3.63, 3.8) is 0 Å². The van der Waals surface area contributed by atoms with E-state index < -0.39 is 0 Å². The molecule has 3 aromatic rings. The van der Waals surface area contributed by atoms with E-state index in [-0.39, 0.29) is 0 Å². The van der Waals surface area contributed by atoms with Crippen LogP contribution in [0.3, 0.4) is 0 Å². The van der Waals surface area contributed by atoms with E-state index in [1.165, 1.54) is 5.56 Å². The largest absolute Gasteiger partial charge is 0.297 e.